The summed E-state index contributed by atoms with van der Waals surface area (Å²) < 4.78 is 33.6. The highest BCUT2D eigenvalue weighted by molar-refractivity contribution is 5.87. The number of nitrogens with zero attached hydrogens (tertiary/aromatic N) is 5. The van der Waals surface area contributed by atoms with E-state index in [9.17, 15) is 18.7 Å². The maximum absolute atomic E-state index is 14.0. The third-order valence-electron chi connectivity index (χ3n) is 5.06. The molecule has 0 bridgehead atoms. The van der Waals surface area contributed by atoms with E-state index in [-0.39, 0.29) is 17.4 Å². The number of hydrogen-bond donors (Lipinski definition) is 1. The van der Waals surface area contributed by atoms with Gasteiger partial charge in [0.05, 0.1) is 0 Å². The van der Waals surface area contributed by atoms with Crippen LogP contribution in [0.1, 0.15) is 10.5 Å². The van der Waals surface area contributed by atoms with Gasteiger partial charge in [-0.25, -0.2) is 14.8 Å². The van der Waals surface area contributed by atoms with Gasteiger partial charge in [-0.2, -0.15) is 8.78 Å². The molecule has 1 N–H and O–H groups in total. The lowest BCUT2D eigenvalue weighted by atomic mass is 10.1. The molecule has 0 aliphatic rings. The number of ether oxygens (including phenoxy) is 1. The van der Waals surface area contributed by atoms with Crippen LogP contribution in [0, 0.1) is 11.9 Å². The Balaban J connectivity index is 1.39. The van der Waals surface area contributed by atoms with Gasteiger partial charge >= 0.3 is 5.97 Å². The van der Waals surface area contributed by atoms with Crippen molar-refractivity contribution in [2.75, 3.05) is 0 Å². The second-order valence-corrected chi connectivity index (χ2v) is 7.35. The van der Waals surface area contributed by atoms with Crippen molar-refractivity contribution in [2.24, 2.45) is 0 Å². The molecule has 0 aliphatic heterocycles. The molecule has 3 heterocycles. The number of pyridine rings is 2. The third-order valence-corrected chi connectivity index (χ3v) is 5.06. The lowest BCUT2D eigenvalue weighted by Crippen LogP contribution is -2.10. The van der Waals surface area contributed by atoms with E-state index < -0.39 is 23.6 Å². The Labute approximate surface area is 202 Å². The number of halogens is 2. The molecule has 0 aliphatic carbocycles. The first-order valence-electron chi connectivity index (χ1n) is 10.5. The molecule has 3 aromatic heterocycles. The zero-order valence-corrected chi connectivity index (χ0v) is 18.2. The molecule has 178 valence electrons. The summed E-state index contributed by atoms with van der Waals surface area (Å²) in [6, 6.07) is 19.0. The van der Waals surface area contributed by atoms with E-state index in [1.54, 1.807) is 60.7 Å². The summed E-state index contributed by atoms with van der Waals surface area (Å²) in [6.45, 7) is 0. The van der Waals surface area contributed by atoms with Crippen LogP contribution in [0.5, 0.6) is 17.4 Å². The first kappa shape index (κ1) is 22.6. The Morgan fingerprint density at radius 3 is 1.81 bits per heavy atom. The predicted octanol–water partition coefficient (Wildman–Crippen LogP) is 5.01. The normalized spacial score (nSPS) is 10.7. The Hall–Kier alpha value is -5.19. The van der Waals surface area contributed by atoms with Gasteiger partial charge in [0.25, 0.3) is 5.88 Å². The molecule has 0 atom stereocenters. The van der Waals surface area contributed by atoms with Gasteiger partial charge in [-0.05, 0) is 69.7 Å². The summed E-state index contributed by atoms with van der Waals surface area (Å²) >= 11 is 0. The monoisotopic (exact) mass is 487 g/mol. The largest absolute Gasteiger partial charge is 0.476 e. The van der Waals surface area contributed by atoms with E-state index >= 15 is 0 Å². The molecule has 0 radical (unpaired) electrons. The lowest BCUT2D eigenvalue weighted by molar-refractivity contribution is 0.0685. The summed E-state index contributed by atoms with van der Waals surface area (Å²) in [5, 5.41) is 16.8. The van der Waals surface area contributed by atoms with Crippen LogP contribution in [-0.4, -0.2) is 36.2 Å². The minimum atomic E-state index is -1.38. The summed E-state index contributed by atoms with van der Waals surface area (Å²) in [6.07, 6.45) is 2.70. The van der Waals surface area contributed by atoms with E-state index in [4.69, 9.17) is 9.57 Å². The zero-order chi connectivity index (χ0) is 25.1. The number of aromatic nitrogens is 5. The molecule has 0 amide bonds. The number of benzene rings is 2. The van der Waals surface area contributed by atoms with Gasteiger partial charge in [-0.1, -0.05) is 24.3 Å². The van der Waals surface area contributed by atoms with Crippen LogP contribution in [0.3, 0.4) is 0 Å². The van der Waals surface area contributed by atoms with Gasteiger partial charge in [-0.15, -0.1) is 5.10 Å². The fraction of sp³-hybridized carbons (Fsp3) is 0. The minimum Gasteiger partial charge on any atom is -0.476 e. The van der Waals surface area contributed by atoms with Gasteiger partial charge in [-0.3, -0.25) is 0 Å². The van der Waals surface area contributed by atoms with Gasteiger partial charge in [0.15, 0.2) is 5.75 Å². The van der Waals surface area contributed by atoms with Gasteiger partial charge in [0.2, 0.25) is 17.6 Å². The molecule has 11 heteroatoms. The third kappa shape index (κ3) is 4.57. The maximum Gasteiger partial charge on any atom is 0.362 e. The molecule has 2 aromatic carbocycles. The van der Waals surface area contributed by atoms with Gasteiger partial charge in [0, 0.05) is 23.5 Å². The van der Waals surface area contributed by atoms with Crippen molar-refractivity contribution in [3.8, 4) is 39.6 Å². The summed E-state index contributed by atoms with van der Waals surface area (Å²) in [7, 11) is 0. The molecule has 0 saturated carbocycles. The molecule has 9 nitrogen and oxygen atoms in total. The summed E-state index contributed by atoms with van der Waals surface area (Å²) in [5.74, 6) is -2.40. The van der Waals surface area contributed by atoms with Crippen molar-refractivity contribution < 1.29 is 28.3 Å². The number of carboxylic acids is 1. The van der Waals surface area contributed by atoms with Gasteiger partial charge in [0.1, 0.15) is 5.75 Å². The van der Waals surface area contributed by atoms with Crippen molar-refractivity contribution in [3.05, 3.63) is 103 Å². The fourth-order valence-corrected chi connectivity index (χ4v) is 3.35. The fourth-order valence-electron chi connectivity index (χ4n) is 3.35. The lowest BCUT2D eigenvalue weighted by Gasteiger charge is -2.10. The van der Waals surface area contributed by atoms with E-state index in [0.29, 0.717) is 22.3 Å². The maximum atomic E-state index is 14.0. The summed E-state index contributed by atoms with van der Waals surface area (Å²) in [5.41, 5.74) is 1.27. The van der Waals surface area contributed by atoms with Crippen LogP contribution >= 0.6 is 0 Å². The molecule has 36 heavy (non-hydrogen) atoms. The number of hydrogen-bond acceptors (Lipinski definition) is 7. The van der Waals surface area contributed by atoms with Crippen molar-refractivity contribution in [2.45, 2.75) is 0 Å². The molecule has 0 fully saturated rings. The Morgan fingerprint density at radius 1 is 0.778 bits per heavy atom. The van der Waals surface area contributed by atoms with Crippen molar-refractivity contribution in [1.82, 2.24) is 25.1 Å². The Kier molecular flexibility index (Phi) is 6.02. The van der Waals surface area contributed by atoms with E-state index in [0.717, 1.165) is 4.85 Å². The minimum absolute atomic E-state index is 0.236. The van der Waals surface area contributed by atoms with Crippen LogP contribution in [0.25, 0.3) is 22.3 Å². The number of rotatable bonds is 7. The molecule has 0 saturated heterocycles. The predicted molar refractivity (Wildman–Crippen MR) is 122 cm³/mol. The Morgan fingerprint density at radius 2 is 1.31 bits per heavy atom. The Bertz CT molecular complexity index is 1540. The number of carbonyl (C=O) groups is 1. The van der Waals surface area contributed by atoms with Crippen LogP contribution in [0.2, 0.25) is 0 Å². The zero-order valence-electron chi connectivity index (χ0n) is 18.2. The van der Waals surface area contributed by atoms with Crippen molar-refractivity contribution in [3.63, 3.8) is 0 Å². The van der Waals surface area contributed by atoms with E-state index in [1.165, 1.54) is 24.5 Å². The number of carboxylic acid groups (broad SMARTS) is 1. The summed E-state index contributed by atoms with van der Waals surface area (Å²) in [4.78, 5) is 25.3. The molecule has 5 rings (SSSR count). The van der Waals surface area contributed by atoms with Crippen LogP contribution in [0.15, 0.2) is 85.2 Å². The quantitative estimate of drug-likeness (QED) is 0.319. The second-order valence-electron chi connectivity index (χ2n) is 7.35. The topological polar surface area (TPSA) is 112 Å². The average Bonchev–Trinajstić information content (AvgIpc) is 3.28. The molecule has 5 aromatic rings. The highest BCUT2D eigenvalue weighted by Crippen LogP contribution is 2.29. The molecular weight excluding hydrogens is 472 g/mol. The van der Waals surface area contributed by atoms with Crippen molar-refractivity contribution >= 4 is 5.97 Å². The molecule has 0 spiro atoms. The number of aromatic carboxylic acids is 1. The highest BCUT2D eigenvalue weighted by Gasteiger charge is 2.23. The standard InChI is InChI=1S/C25H15F2N5O4/c26-22-19(3-1-13-28-22)15-5-9-17(10-6-15)35-24-21(25(33)34)30-31-32(24)36-18-11-7-16(8-12-18)20-4-2-14-29-23(20)27/h1-14H,(H,33,34). The van der Waals surface area contributed by atoms with Crippen LogP contribution in [0.4, 0.5) is 8.78 Å². The van der Waals surface area contributed by atoms with E-state index in [2.05, 4.69) is 20.3 Å². The smallest absolute Gasteiger partial charge is 0.362 e. The highest BCUT2D eigenvalue weighted by atomic mass is 19.1. The molecular formula is C25H15F2N5O4. The van der Waals surface area contributed by atoms with Crippen molar-refractivity contribution in [1.29, 1.82) is 0 Å². The van der Waals surface area contributed by atoms with Gasteiger partial charge < -0.3 is 14.7 Å². The first-order chi connectivity index (χ1) is 17.5. The van der Waals surface area contributed by atoms with Crippen LogP contribution in [-0.2, 0) is 0 Å². The van der Waals surface area contributed by atoms with Crippen LogP contribution < -0.4 is 9.57 Å². The van der Waals surface area contributed by atoms with E-state index in [1.807, 2.05) is 0 Å². The second kappa shape index (κ2) is 9.58. The first-order valence-corrected chi connectivity index (χ1v) is 10.5. The molecule has 0 unspecified atom stereocenters. The average molecular weight is 487 g/mol. The SMILES string of the molecule is O=C(O)c1nnn(Oc2ccc(-c3cccnc3F)cc2)c1Oc1ccc(-c2cccnc2F)cc1.